The van der Waals surface area contributed by atoms with Crippen LogP contribution in [0.25, 0.3) is 0 Å². The number of carbonyl (C=O) groups is 1. The maximum absolute atomic E-state index is 12.9. The summed E-state index contributed by atoms with van der Waals surface area (Å²) >= 11 is 0. The van der Waals surface area contributed by atoms with Crippen molar-refractivity contribution in [3.8, 4) is 5.75 Å². The molecule has 0 bridgehead atoms. The first-order chi connectivity index (χ1) is 15.4. The predicted octanol–water partition coefficient (Wildman–Crippen LogP) is 3.94. The highest BCUT2D eigenvalue weighted by Gasteiger charge is 2.32. The van der Waals surface area contributed by atoms with Crippen LogP contribution in [0.5, 0.6) is 5.75 Å². The van der Waals surface area contributed by atoms with E-state index >= 15 is 0 Å². The third kappa shape index (κ3) is 6.81. The molecule has 0 saturated carbocycles. The molecule has 7 heteroatoms. The average Bonchev–Trinajstić information content (AvgIpc) is 2.80. The van der Waals surface area contributed by atoms with Gasteiger partial charge < -0.3 is 10.1 Å². The molecule has 1 saturated heterocycles. The Kier molecular flexibility index (Phi) is 8.70. The number of benzene rings is 2. The fourth-order valence-electron chi connectivity index (χ4n) is 4.08. The second kappa shape index (κ2) is 11.5. The van der Waals surface area contributed by atoms with Crippen LogP contribution in [0.15, 0.2) is 54.6 Å². The van der Waals surface area contributed by atoms with Gasteiger partial charge in [0.05, 0.1) is 24.3 Å². The molecule has 32 heavy (non-hydrogen) atoms. The van der Waals surface area contributed by atoms with Gasteiger partial charge in [-0.3, -0.25) is 4.79 Å². The van der Waals surface area contributed by atoms with Crippen LogP contribution in [0.1, 0.15) is 50.3 Å². The number of sulfonamides is 1. The van der Waals surface area contributed by atoms with E-state index in [0.29, 0.717) is 32.4 Å². The lowest BCUT2D eigenvalue weighted by Gasteiger charge is -2.32. The fraction of sp³-hybridized carbons (Fsp3) is 0.480. The van der Waals surface area contributed by atoms with Crippen LogP contribution in [-0.4, -0.2) is 44.1 Å². The number of nitrogens with one attached hydrogen (secondary N) is 1. The van der Waals surface area contributed by atoms with E-state index in [2.05, 4.69) is 5.32 Å². The highest BCUT2D eigenvalue weighted by Crippen LogP contribution is 2.23. The van der Waals surface area contributed by atoms with Crippen molar-refractivity contribution in [2.45, 2.75) is 45.6 Å². The summed E-state index contributed by atoms with van der Waals surface area (Å²) in [5.74, 6) is 0.502. The molecule has 0 spiro atoms. The first kappa shape index (κ1) is 24.3. The maximum Gasteiger partial charge on any atom is 0.224 e. The maximum atomic E-state index is 12.9. The highest BCUT2D eigenvalue weighted by atomic mass is 32.2. The van der Waals surface area contributed by atoms with Gasteiger partial charge in [0.1, 0.15) is 5.75 Å². The largest absolute Gasteiger partial charge is 0.494 e. The van der Waals surface area contributed by atoms with Gasteiger partial charge in [-0.15, -0.1) is 0 Å². The molecule has 0 aromatic heterocycles. The number of carbonyl (C=O) groups excluding carboxylic acids is 1. The number of ether oxygens (including phenoxy) is 1. The van der Waals surface area contributed by atoms with Crippen LogP contribution in [0.3, 0.4) is 0 Å². The van der Waals surface area contributed by atoms with E-state index in [-0.39, 0.29) is 30.2 Å². The lowest BCUT2D eigenvalue weighted by atomic mass is 9.98. The summed E-state index contributed by atoms with van der Waals surface area (Å²) in [6, 6.07) is 17.4. The fourth-order valence-corrected chi connectivity index (χ4v) is 5.66. The van der Waals surface area contributed by atoms with Crippen molar-refractivity contribution in [3.63, 3.8) is 0 Å². The van der Waals surface area contributed by atoms with Gasteiger partial charge >= 0.3 is 0 Å². The van der Waals surface area contributed by atoms with E-state index in [0.717, 1.165) is 23.3 Å². The molecule has 1 amide bonds. The van der Waals surface area contributed by atoms with Gasteiger partial charge in [0, 0.05) is 13.1 Å². The first-order valence-electron chi connectivity index (χ1n) is 11.4. The van der Waals surface area contributed by atoms with Gasteiger partial charge in [-0.2, -0.15) is 0 Å². The van der Waals surface area contributed by atoms with Gasteiger partial charge in [-0.1, -0.05) is 42.5 Å². The minimum Gasteiger partial charge on any atom is -0.494 e. The Morgan fingerprint density at radius 3 is 2.56 bits per heavy atom. The summed E-state index contributed by atoms with van der Waals surface area (Å²) in [7, 11) is -3.37. The zero-order chi connectivity index (χ0) is 23.0. The molecule has 1 aliphatic heterocycles. The molecule has 0 unspecified atom stereocenters. The molecule has 2 aromatic rings. The molecule has 1 N–H and O–H groups in total. The molecule has 174 valence electrons. The Balaban J connectivity index is 1.51. The Labute approximate surface area is 192 Å². The number of piperidine rings is 1. The third-order valence-electron chi connectivity index (χ3n) is 5.91. The Bertz CT molecular complexity index is 961. The van der Waals surface area contributed by atoms with Crippen molar-refractivity contribution in [2.24, 2.45) is 5.92 Å². The summed E-state index contributed by atoms with van der Waals surface area (Å²) in [6.45, 7) is 5.24. The highest BCUT2D eigenvalue weighted by molar-refractivity contribution is 7.89. The van der Waals surface area contributed by atoms with Crippen molar-refractivity contribution < 1.29 is 17.9 Å². The van der Waals surface area contributed by atoms with E-state index in [1.807, 2.05) is 68.4 Å². The molecule has 0 radical (unpaired) electrons. The summed E-state index contributed by atoms with van der Waals surface area (Å²) in [5, 5.41) is 3.05. The quantitative estimate of drug-likeness (QED) is 0.585. The zero-order valence-corrected chi connectivity index (χ0v) is 19.8. The summed E-state index contributed by atoms with van der Waals surface area (Å²) in [6.07, 6.45) is 2.72. The summed E-state index contributed by atoms with van der Waals surface area (Å²) in [5.41, 5.74) is 2.13. The zero-order valence-electron chi connectivity index (χ0n) is 19.0. The van der Waals surface area contributed by atoms with Crippen molar-refractivity contribution >= 4 is 15.9 Å². The predicted molar refractivity (Wildman–Crippen MR) is 127 cm³/mol. The second-order valence-corrected chi connectivity index (χ2v) is 10.4. The lowest BCUT2D eigenvalue weighted by Crippen LogP contribution is -2.46. The van der Waals surface area contributed by atoms with E-state index in [1.54, 1.807) is 0 Å². The van der Waals surface area contributed by atoms with Gasteiger partial charge in [-0.05, 0) is 62.8 Å². The van der Waals surface area contributed by atoms with Crippen LogP contribution in [0, 0.1) is 5.92 Å². The molecule has 6 nitrogen and oxygen atoms in total. The number of aryl methyl sites for hydroxylation is 1. The molecule has 2 atom stereocenters. The number of nitrogens with zero attached hydrogens (tertiary/aromatic N) is 1. The summed E-state index contributed by atoms with van der Waals surface area (Å²) < 4.78 is 32.7. The first-order valence-corrected chi connectivity index (χ1v) is 13.0. The minimum atomic E-state index is -3.37. The van der Waals surface area contributed by atoms with Crippen LogP contribution in [0.2, 0.25) is 0 Å². The smallest absolute Gasteiger partial charge is 0.224 e. The molecular formula is C25H34N2O4S. The third-order valence-corrected chi connectivity index (χ3v) is 7.83. The van der Waals surface area contributed by atoms with Crippen LogP contribution in [0.4, 0.5) is 0 Å². The Morgan fingerprint density at radius 2 is 1.88 bits per heavy atom. The van der Waals surface area contributed by atoms with Gasteiger partial charge in [-0.25, -0.2) is 12.7 Å². The number of hydrogen-bond donors (Lipinski definition) is 1. The van der Waals surface area contributed by atoms with Crippen LogP contribution < -0.4 is 10.1 Å². The Hall–Kier alpha value is -2.38. The van der Waals surface area contributed by atoms with Gasteiger partial charge in [0.15, 0.2) is 0 Å². The molecule has 0 aliphatic carbocycles. The van der Waals surface area contributed by atoms with E-state index < -0.39 is 10.0 Å². The SMILES string of the molecule is CCOc1ccc([C@@H](C)NC(=O)[C@@H]2CCCN(S(=O)(=O)CCCc3ccccc3)C2)cc1. The van der Waals surface area contributed by atoms with E-state index in [1.165, 1.54) is 4.31 Å². The molecule has 3 rings (SSSR count). The second-order valence-electron chi connectivity index (χ2n) is 8.33. The summed E-state index contributed by atoms with van der Waals surface area (Å²) in [4.78, 5) is 12.9. The average molecular weight is 459 g/mol. The number of amides is 1. The van der Waals surface area contributed by atoms with Crippen molar-refractivity contribution in [3.05, 3.63) is 65.7 Å². The molecule has 2 aromatic carbocycles. The normalized spacial score (nSPS) is 18.1. The van der Waals surface area contributed by atoms with E-state index in [4.69, 9.17) is 4.74 Å². The molecule has 1 heterocycles. The van der Waals surface area contributed by atoms with Crippen molar-refractivity contribution in [1.29, 1.82) is 0 Å². The minimum absolute atomic E-state index is 0.0874. The standard InChI is InChI=1S/C25H34N2O4S/c1-3-31-24-15-13-22(14-16-24)20(2)26-25(28)23-12-7-17-27(19-23)32(29,30)18-8-11-21-9-5-4-6-10-21/h4-6,9-10,13-16,20,23H,3,7-8,11-12,17-19H2,1-2H3,(H,26,28)/t20-,23-/m1/s1. The van der Waals surface area contributed by atoms with E-state index in [9.17, 15) is 13.2 Å². The molecular weight excluding hydrogens is 424 g/mol. The molecule has 1 aliphatic rings. The topological polar surface area (TPSA) is 75.7 Å². The number of rotatable bonds is 10. The molecule has 1 fully saturated rings. The van der Waals surface area contributed by atoms with Crippen LogP contribution >= 0.6 is 0 Å². The van der Waals surface area contributed by atoms with Crippen LogP contribution in [-0.2, 0) is 21.2 Å². The van der Waals surface area contributed by atoms with Gasteiger partial charge in [0.2, 0.25) is 15.9 Å². The van der Waals surface area contributed by atoms with Crippen molar-refractivity contribution in [2.75, 3.05) is 25.4 Å². The monoisotopic (exact) mass is 458 g/mol. The Morgan fingerprint density at radius 1 is 1.16 bits per heavy atom. The lowest BCUT2D eigenvalue weighted by molar-refractivity contribution is -0.126. The van der Waals surface area contributed by atoms with Gasteiger partial charge in [0.25, 0.3) is 0 Å². The number of hydrogen-bond acceptors (Lipinski definition) is 4. The van der Waals surface area contributed by atoms with Crippen molar-refractivity contribution in [1.82, 2.24) is 9.62 Å².